The first-order chi connectivity index (χ1) is 16.8. The molecule has 1 heterocycles. The predicted octanol–water partition coefficient (Wildman–Crippen LogP) is 1.09. The molecule has 1 atom stereocenters. The highest BCUT2D eigenvalue weighted by molar-refractivity contribution is 7.89. The highest BCUT2D eigenvalue weighted by Crippen LogP contribution is 2.24. The summed E-state index contributed by atoms with van der Waals surface area (Å²) in [7, 11) is -2.88. The highest BCUT2D eigenvalue weighted by Gasteiger charge is 2.38. The molecule has 3 N–H and O–H groups in total. The number of sulfonamides is 1. The van der Waals surface area contributed by atoms with Crippen LogP contribution in [0, 0.1) is 5.92 Å². The first-order valence-corrected chi connectivity index (χ1v) is 13.0. The Bertz CT molecular complexity index is 1010. The standard InChI is InChI=1S/C23H35N3O9S/c1-23(2,3)35-15-19(21(28)24-31)26(36(32,33)18-7-5-17(34-4)6-8-18)14-11-20(27)25-12-9-16(10-13-25)22(29)30/h5-8,16,19,31H,9-15H2,1-4H3,(H,24,28)(H,29,30). The first kappa shape index (κ1) is 29.5. The number of amides is 2. The summed E-state index contributed by atoms with van der Waals surface area (Å²) in [6.45, 7) is 4.94. The number of hydrogen-bond donors (Lipinski definition) is 3. The lowest BCUT2D eigenvalue weighted by molar-refractivity contribution is -0.145. The highest BCUT2D eigenvalue weighted by atomic mass is 32.2. The number of carbonyl (C=O) groups excluding carboxylic acids is 2. The molecule has 0 spiro atoms. The van der Waals surface area contributed by atoms with Gasteiger partial charge in [-0.15, -0.1) is 0 Å². The number of nitrogens with one attached hydrogen (secondary N) is 1. The third-order valence-corrected chi connectivity index (χ3v) is 7.77. The van der Waals surface area contributed by atoms with Gasteiger partial charge in [0.2, 0.25) is 15.9 Å². The fourth-order valence-corrected chi connectivity index (χ4v) is 5.33. The third-order valence-electron chi connectivity index (χ3n) is 5.84. The molecule has 1 aliphatic rings. The van der Waals surface area contributed by atoms with E-state index < -0.39 is 39.5 Å². The van der Waals surface area contributed by atoms with Crippen molar-refractivity contribution in [3.63, 3.8) is 0 Å². The average molecular weight is 530 g/mol. The number of rotatable bonds is 11. The summed E-state index contributed by atoms with van der Waals surface area (Å²) in [5.41, 5.74) is 0.780. The molecule has 202 valence electrons. The number of aliphatic carboxylic acids is 1. The fraction of sp³-hybridized carbons (Fsp3) is 0.609. The normalized spacial score (nSPS) is 16.0. The van der Waals surface area contributed by atoms with Crippen molar-refractivity contribution < 1.29 is 42.6 Å². The second kappa shape index (κ2) is 12.5. The maximum Gasteiger partial charge on any atom is 0.306 e. The molecule has 36 heavy (non-hydrogen) atoms. The molecule has 1 fully saturated rings. The topological polar surface area (TPSA) is 163 Å². The summed E-state index contributed by atoms with van der Waals surface area (Å²) >= 11 is 0. The van der Waals surface area contributed by atoms with Crippen LogP contribution in [-0.4, -0.2) is 90.7 Å². The van der Waals surface area contributed by atoms with E-state index in [1.54, 1.807) is 20.8 Å². The summed E-state index contributed by atoms with van der Waals surface area (Å²) in [5.74, 6) is -2.37. The van der Waals surface area contributed by atoms with Gasteiger partial charge in [0.1, 0.15) is 11.8 Å². The van der Waals surface area contributed by atoms with E-state index in [9.17, 15) is 28.0 Å². The summed E-state index contributed by atoms with van der Waals surface area (Å²) < 4.78 is 38.8. The SMILES string of the molecule is COc1ccc(S(=O)(=O)N(CCC(=O)N2CCC(C(=O)O)CC2)C(COC(C)(C)C)C(=O)NO)cc1. The molecular weight excluding hydrogens is 494 g/mol. The van der Waals surface area contributed by atoms with E-state index >= 15 is 0 Å². The van der Waals surface area contributed by atoms with Gasteiger partial charge in [0.25, 0.3) is 5.91 Å². The van der Waals surface area contributed by atoms with Crippen LogP contribution in [0.15, 0.2) is 29.2 Å². The van der Waals surface area contributed by atoms with E-state index in [2.05, 4.69) is 0 Å². The van der Waals surface area contributed by atoms with Crippen molar-refractivity contribution in [2.45, 2.75) is 56.6 Å². The van der Waals surface area contributed by atoms with E-state index in [0.717, 1.165) is 4.31 Å². The lowest BCUT2D eigenvalue weighted by atomic mass is 9.97. The average Bonchev–Trinajstić information content (AvgIpc) is 2.84. The van der Waals surface area contributed by atoms with Crippen molar-refractivity contribution in [1.29, 1.82) is 0 Å². The van der Waals surface area contributed by atoms with E-state index in [-0.39, 0.29) is 43.5 Å². The van der Waals surface area contributed by atoms with Crippen molar-refractivity contribution in [3.8, 4) is 5.75 Å². The number of piperidine rings is 1. The quantitative estimate of drug-likeness (QED) is 0.281. The zero-order valence-electron chi connectivity index (χ0n) is 21.0. The molecule has 2 amide bonds. The molecule has 1 aromatic rings. The van der Waals surface area contributed by atoms with E-state index in [1.807, 2.05) is 0 Å². The van der Waals surface area contributed by atoms with Gasteiger partial charge in [-0.05, 0) is 57.9 Å². The van der Waals surface area contributed by atoms with Crippen LogP contribution in [0.25, 0.3) is 0 Å². The lowest BCUT2D eigenvalue weighted by Gasteiger charge is -2.33. The Balaban J connectivity index is 2.31. The van der Waals surface area contributed by atoms with Gasteiger partial charge in [-0.1, -0.05) is 0 Å². The molecule has 1 unspecified atom stereocenters. The van der Waals surface area contributed by atoms with E-state index in [0.29, 0.717) is 18.6 Å². The second-order valence-corrected chi connectivity index (χ2v) is 11.3. The number of ether oxygens (including phenoxy) is 2. The first-order valence-electron chi connectivity index (χ1n) is 11.5. The molecule has 0 aromatic heterocycles. The third kappa shape index (κ3) is 7.88. The smallest absolute Gasteiger partial charge is 0.306 e. The number of carboxylic acid groups (broad SMARTS) is 1. The van der Waals surface area contributed by atoms with Gasteiger partial charge in [0, 0.05) is 26.1 Å². The molecule has 1 saturated heterocycles. The van der Waals surface area contributed by atoms with Gasteiger partial charge < -0.3 is 19.5 Å². The molecule has 1 aromatic carbocycles. The number of benzene rings is 1. The van der Waals surface area contributed by atoms with Crippen molar-refractivity contribution in [3.05, 3.63) is 24.3 Å². The van der Waals surface area contributed by atoms with Crippen LogP contribution in [0.5, 0.6) is 5.75 Å². The zero-order valence-corrected chi connectivity index (χ0v) is 21.8. The van der Waals surface area contributed by atoms with Crippen LogP contribution in [0.3, 0.4) is 0 Å². The second-order valence-electron chi connectivity index (χ2n) is 9.45. The van der Waals surface area contributed by atoms with Gasteiger partial charge in [-0.3, -0.25) is 19.6 Å². The number of hydrogen-bond acceptors (Lipinski definition) is 8. The Morgan fingerprint density at radius 2 is 1.75 bits per heavy atom. The Labute approximate surface area is 211 Å². The lowest BCUT2D eigenvalue weighted by Crippen LogP contribution is -2.53. The number of carboxylic acids is 1. The van der Waals surface area contributed by atoms with Gasteiger partial charge in [0.05, 0.1) is 30.1 Å². The maximum absolute atomic E-state index is 13.6. The number of nitrogens with zero attached hydrogens (tertiary/aromatic N) is 2. The van der Waals surface area contributed by atoms with E-state index in [4.69, 9.17) is 14.6 Å². The van der Waals surface area contributed by atoms with Crippen LogP contribution in [0.4, 0.5) is 0 Å². The summed E-state index contributed by atoms with van der Waals surface area (Å²) in [6, 6.07) is 4.08. The number of likely N-dealkylation sites (tertiary alicyclic amines) is 1. The minimum Gasteiger partial charge on any atom is -0.497 e. The Morgan fingerprint density at radius 3 is 2.22 bits per heavy atom. The van der Waals surface area contributed by atoms with Gasteiger partial charge in [-0.2, -0.15) is 4.31 Å². The molecule has 0 aliphatic carbocycles. The van der Waals surface area contributed by atoms with Crippen LogP contribution < -0.4 is 10.2 Å². The van der Waals surface area contributed by atoms with Crippen molar-refractivity contribution in [2.24, 2.45) is 5.92 Å². The largest absolute Gasteiger partial charge is 0.497 e. The summed E-state index contributed by atoms with van der Waals surface area (Å²) in [5, 5.41) is 18.5. The maximum atomic E-state index is 13.6. The summed E-state index contributed by atoms with van der Waals surface area (Å²) in [4.78, 5) is 38.0. The van der Waals surface area contributed by atoms with E-state index in [1.165, 1.54) is 41.8 Å². The summed E-state index contributed by atoms with van der Waals surface area (Å²) in [6.07, 6.45) is 0.367. The minimum atomic E-state index is -4.32. The number of carbonyl (C=O) groups is 3. The van der Waals surface area contributed by atoms with Gasteiger partial charge in [-0.25, -0.2) is 13.9 Å². The monoisotopic (exact) mass is 529 g/mol. The van der Waals surface area contributed by atoms with Crippen molar-refractivity contribution in [1.82, 2.24) is 14.7 Å². The van der Waals surface area contributed by atoms with Crippen molar-refractivity contribution >= 4 is 27.8 Å². The molecule has 1 aliphatic heterocycles. The molecule has 0 radical (unpaired) electrons. The van der Waals surface area contributed by atoms with Crippen LogP contribution in [-0.2, 0) is 29.1 Å². The van der Waals surface area contributed by atoms with Crippen LogP contribution >= 0.6 is 0 Å². The van der Waals surface area contributed by atoms with Gasteiger partial charge >= 0.3 is 5.97 Å². The molecule has 0 bridgehead atoms. The number of hydroxylamine groups is 1. The van der Waals surface area contributed by atoms with Crippen molar-refractivity contribution in [2.75, 3.05) is 33.4 Å². The van der Waals surface area contributed by atoms with Crippen LogP contribution in [0.2, 0.25) is 0 Å². The Morgan fingerprint density at radius 1 is 1.17 bits per heavy atom. The molecule has 13 heteroatoms. The zero-order chi connectivity index (χ0) is 27.1. The molecule has 0 saturated carbocycles. The fourth-order valence-electron chi connectivity index (χ4n) is 3.76. The Kier molecular flexibility index (Phi) is 10.2. The predicted molar refractivity (Wildman–Crippen MR) is 128 cm³/mol. The molecule has 2 rings (SSSR count). The minimum absolute atomic E-state index is 0.135. The number of methoxy groups -OCH3 is 1. The Hall–Kier alpha value is -2.74. The van der Waals surface area contributed by atoms with Gasteiger partial charge in [0.15, 0.2) is 0 Å². The van der Waals surface area contributed by atoms with Crippen LogP contribution in [0.1, 0.15) is 40.0 Å². The molecule has 12 nitrogen and oxygen atoms in total. The molecular formula is C23H35N3O9S.